The second-order valence-corrected chi connectivity index (χ2v) is 6.18. The van der Waals surface area contributed by atoms with Gasteiger partial charge >= 0.3 is 0 Å². The molecule has 3 atom stereocenters. The molecular weight excluding hydrogens is 264 g/mol. The van der Waals surface area contributed by atoms with Crippen molar-refractivity contribution in [3.8, 4) is 0 Å². The maximum absolute atomic E-state index is 5.98. The lowest BCUT2D eigenvalue weighted by Crippen LogP contribution is -2.33. The topological polar surface area (TPSA) is 62.8 Å². The first-order chi connectivity index (χ1) is 10.4. The van der Waals surface area contributed by atoms with E-state index in [1.807, 2.05) is 6.20 Å². The molecule has 0 radical (unpaired) electrons. The molecular formula is C16H22N4O. The predicted octanol–water partition coefficient (Wildman–Crippen LogP) is 2.89. The summed E-state index contributed by atoms with van der Waals surface area (Å²) in [5.41, 5.74) is 2.19. The molecule has 0 spiro atoms. The van der Waals surface area contributed by atoms with Gasteiger partial charge in [0, 0.05) is 12.1 Å². The summed E-state index contributed by atoms with van der Waals surface area (Å²) in [5, 5.41) is 4.79. The number of aromatic nitrogens is 3. The third kappa shape index (κ3) is 2.20. The summed E-state index contributed by atoms with van der Waals surface area (Å²) in [5.74, 6) is 1.59. The van der Waals surface area contributed by atoms with Crippen molar-refractivity contribution in [2.45, 2.75) is 51.2 Å². The van der Waals surface area contributed by atoms with Crippen molar-refractivity contribution < 1.29 is 4.74 Å². The summed E-state index contributed by atoms with van der Waals surface area (Å²) < 4.78 is 5.98. The number of anilines is 1. The van der Waals surface area contributed by atoms with Crippen LogP contribution in [-0.4, -0.2) is 33.7 Å². The minimum absolute atomic E-state index is 0.382. The van der Waals surface area contributed by atoms with Crippen LogP contribution in [0, 0.1) is 5.92 Å². The highest BCUT2D eigenvalue weighted by Crippen LogP contribution is 2.36. The third-order valence-electron chi connectivity index (χ3n) is 5.01. The number of fused-ring (bicyclic) bond motifs is 2. The Labute approximate surface area is 124 Å². The van der Waals surface area contributed by atoms with E-state index >= 15 is 0 Å². The van der Waals surface area contributed by atoms with Gasteiger partial charge in [0.05, 0.1) is 24.1 Å². The Morgan fingerprint density at radius 2 is 2.24 bits per heavy atom. The minimum Gasteiger partial charge on any atom is -0.376 e. The monoisotopic (exact) mass is 286 g/mol. The van der Waals surface area contributed by atoms with Crippen LogP contribution in [0.3, 0.4) is 0 Å². The molecule has 4 rings (SSSR count). The molecule has 2 aromatic rings. The van der Waals surface area contributed by atoms with E-state index in [1.165, 1.54) is 31.2 Å². The molecule has 0 aromatic carbocycles. The van der Waals surface area contributed by atoms with Crippen LogP contribution in [0.5, 0.6) is 0 Å². The summed E-state index contributed by atoms with van der Waals surface area (Å²) in [7, 11) is 0. The van der Waals surface area contributed by atoms with Crippen molar-refractivity contribution in [3.05, 3.63) is 18.1 Å². The summed E-state index contributed by atoms with van der Waals surface area (Å²) in [4.78, 5) is 12.1. The van der Waals surface area contributed by atoms with Gasteiger partial charge in [0.1, 0.15) is 17.8 Å². The molecule has 1 saturated carbocycles. The van der Waals surface area contributed by atoms with Crippen molar-refractivity contribution in [2.75, 3.05) is 11.9 Å². The van der Waals surface area contributed by atoms with Gasteiger partial charge < -0.3 is 15.0 Å². The Kier molecular flexibility index (Phi) is 3.30. The average molecular weight is 286 g/mol. The normalized spacial score (nSPS) is 28.7. The molecule has 21 heavy (non-hydrogen) atoms. The van der Waals surface area contributed by atoms with E-state index in [-0.39, 0.29) is 0 Å². The molecule has 1 aliphatic heterocycles. The minimum atomic E-state index is 0.382. The van der Waals surface area contributed by atoms with Crippen molar-refractivity contribution >= 4 is 16.9 Å². The van der Waals surface area contributed by atoms with Gasteiger partial charge in [0.2, 0.25) is 0 Å². The van der Waals surface area contributed by atoms with Crippen molar-refractivity contribution in [1.82, 2.24) is 15.0 Å². The molecule has 2 N–H and O–H groups in total. The first-order valence-corrected chi connectivity index (χ1v) is 8.06. The highest BCUT2D eigenvalue weighted by atomic mass is 16.5. The lowest BCUT2D eigenvalue weighted by molar-refractivity contribution is 0.0663. The van der Waals surface area contributed by atoms with Crippen molar-refractivity contribution in [1.29, 1.82) is 0 Å². The second-order valence-electron chi connectivity index (χ2n) is 6.18. The van der Waals surface area contributed by atoms with Gasteiger partial charge in [-0.2, -0.15) is 0 Å². The molecule has 3 unspecified atom stereocenters. The van der Waals surface area contributed by atoms with Crippen LogP contribution in [0.2, 0.25) is 0 Å². The molecule has 3 heterocycles. The van der Waals surface area contributed by atoms with Gasteiger partial charge in [-0.1, -0.05) is 19.8 Å². The van der Waals surface area contributed by atoms with Gasteiger partial charge in [-0.05, 0) is 24.8 Å². The van der Waals surface area contributed by atoms with Gasteiger partial charge in [-0.3, -0.25) is 0 Å². The highest BCUT2D eigenvalue weighted by molar-refractivity contribution is 5.90. The van der Waals surface area contributed by atoms with Gasteiger partial charge in [0.25, 0.3) is 0 Å². The van der Waals surface area contributed by atoms with E-state index in [0.717, 1.165) is 29.9 Å². The molecule has 2 fully saturated rings. The zero-order valence-corrected chi connectivity index (χ0v) is 12.4. The SMILES string of the molecule is CCc1c[nH]c2ncnc(NC3COC4CCCCC34)c12. The molecule has 1 saturated heterocycles. The molecule has 112 valence electrons. The number of H-pyrrole nitrogens is 1. The molecule has 2 aromatic heterocycles. The molecule has 5 nitrogen and oxygen atoms in total. The number of aryl methyl sites for hydroxylation is 1. The largest absolute Gasteiger partial charge is 0.376 e. The van der Waals surface area contributed by atoms with E-state index in [0.29, 0.717) is 18.1 Å². The second kappa shape index (κ2) is 5.30. The van der Waals surface area contributed by atoms with Crippen LogP contribution >= 0.6 is 0 Å². The van der Waals surface area contributed by atoms with Crippen LogP contribution in [0.25, 0.3) is 11.0 Å². The maximum atomic E-state index is 5.98. The fourth-order valence-electron chi connectivity index (χ4n) is 3.88. The average Bonchev–Trinajstić information content (AvgIpc) is 3.12. The Hall–Kier alpha value is -1.62. The van der Waals surface area contributed by atoms with E-state index in [2.05, 4.69) is 27.2 Å². The number of nitrogens with one attached hydrogen (secondary N) is 2. The first kappa shape index (κ1) is 13.1. The highest BCUT2D eigenvalue weighted by Gasteiger charge is 2.38. The number of aromatic amines is 1. The van der Waals surface area contributed by atoms with Gasteiger partial charge in [0.15, 0.2) is 0 Å². The molecule has 0 amide bonds. The smallest absolute Gasteiger partial charge is 0.143 e. The Balaban J connectivity index is 1.63. The fourth-order valence-corrected chi connectivity index (χ4v) is 3.88. The lowest BCUT2D eigenvalue weighted by Gasteiger charge is -2.27. The summed E-state index contributed by atoms with van der Waals surface area (Å²) in [6.07, 6.45) is 10.2. The summed E-state index contributed by atoms with van der Waals surface area (Å²) in [6, 6.07) is 0.382. The number of hydrogen-bond donors (Lipinski definition) is 2. The Morgan fingerprint density at radius 3 is 3.14 bits per heavy atom. The Morgan fingerprint density at radius 1 is 1.33 bits per heavy atom. The standard InChI is InChI=1S/C16H22N4O/c1-2-10-7-17-15-14(10)16(19-9-18-15)20-12-8-21-13-6-4-3-5-11(12)13/h7,9,11-13H,2-6,8H2,1H3,(H2,17,18,19,20). The molecule has 5 heteroatoms. The predicted molar refractivity (Wildman–Crippen MR) is 82.4 cm³/mol. The van der Waals surface area contributed by atoms with Crippen LogP contribution in [-0.2, 0) is 11.2 Å². The van der Waals surface area contributed by atoms with Gasteiger partial charge in [-0.15, -0.1) is 0 Å². The maximum Gasteiger partial charge on any atom is 0.143 e. The first-order valence-electron chi connectivity index (χ1n) is 8.06. The lowest BCUT2D eigenvalue weighted by atomic mass is 9.83. The van der Waals surface area contributed by atoms with E-state index in [4.69, 9.17) is 4.74 Å². The molecule has 0 bridgehead atoms. The zero-order chi connectivity index (χ0) is 14.2. The van der Waals surface area contributed by atoms with Crippen LogP contribution in [0.1, 0.15) is 38.2 Å². The van der Waals surface area contributed by atoms with Crippen LogP contribution in [0.4, 0.5) is 5.82 Å². The molecule has 2 aliphatic rings. The van der Waals surface area contributed by atoms with Crippen LogP contribution in [0.15, 0.2) is 12.5 Å². The zero-order valence-electron chi connectivity index (χ0n) is 12.4. The van der Waals surface area contributed by atoms with Gasteiger partial charge in [-0.25, -0.2) is 9.97 Å². The summed E-state index contributed by atoms with van der Waals surface area (Å²) in [6.45, 7) is 2.96. The van der Waals surface area contributed by atoms with Crippen LogP contribution < -0.4 is 5.32 Å². The third-order valence-corrected chi connectivity index (χ3v) is 5.01. The Bertz CT molecular complexity index is 638. The number of hydrogen-bond acceptors (Lipinski definition) is 4. The van der Waals surface area contributed by atoms with Crippen molar-refractivity contribution in [3.63, 3.8) is 0 Å². The van der Waals surface area contributed by atoms with Crippen molar-refractivity contribution in [2.24, 2.45) is 5.92 Å². The van der Waals surface area contributed by atoms with E-state index < -0.39 is 0 Å². The van der Waals surface area contributed by atoms with E-state index in [9.17, 15) is 0 Å². The number of nitrogens with zero attached hydrogens (tertiary/aromatic N) is 2. The fraction of sp³-hybridized carbons (Fsp3) is 0.625. The number of rotatable bonds is 3. The molecule has 1 aliphatic carbocycles. The van der Waals surface area contributed by atoms with E-state index in [1.54, 1.807) is 6.33 Å². The number of ether oxygens (including phenoxy) is 1. The quantitative estimate of drug-likeness (QED) is 0.910. The summed E-state index contributed by atoms with van der Waals surface area (Å²) >= 11 is 0.